The van der Waals surface area contributed by atoms with E-state index in [0.717, 1.165) is 18.6 Å². The molecule has 104 valence electrons. The number of amidine groups is 1. The maximum atomic E-state index is 5.92. The Morgan fingerprint density at radius 3 is 2.84 bits per heavy atom. The first-order valence-corrected chi connectivity index (χ1v) is 6.75. The van der Waals surface area contributed by atoms with Crippen LogP contribution in [0.25, 0.3) is 0 Å². The highest BCUT2D eigenvalue weighted by Gasteiger charge is 2.22. The lowest BCUT2D eigenvalue weighted by Gasteiger charge is -2.29. The van der Waals surface area contributed by atoms with Crippen molar-refractivity contribution in [3.63, 3.8) is 0 Å². The van der Waals surface area contributed by atoms with Crippen LogP contribution in [0.15, 0.2) is 35.3 Å². The lowest BCUT2D eigenvalue weighted by Crippen LogP contribution is -2.55. The van der Waals surface area contributed by atoms with Gasteiger partial charge < -0.3 is 14.8 Å². The van der Waals surface area contributed by atoms with Crippen molar-refractivity contribution >= 4 is 16.9 Å². The molecule has 2 unspecified atom stereocenters. The van der Waals surface area contributed by atoms with Gasteiger partial charge in [0.25, 0.3) is 6.35 Å². The van der Waals surface area contributed by atoms with E-state index in [1.54, 1.807) is 0 Å². The van der Waals surface area contributed by atoms with E-state index in [2.05, 4.69) is 22.5 Å². The molecule has 1 aromatic carbocycles. The number of hydrogen-bond donors (Lipinski definition) is 2. The second kappa shape index (κ2) is 7.33. The van der Waals surface area contributed by atoms with Gasteiger partial charge in [0.05, 0.1) is 6.61 Å². The van der Waals surface area contributed by atoms with Gasteiger partial charge in [0, 0.05) is 0 Å². The minimum Gasteiger partial charge on any atom is -0.455 e. The molecule has 6 heteroatoms. The van der Waals surface area contributed by atoms with E-state index in [0.29, 0.717) is 6.61 Å². The van der Waals surface area contributed by atoms with E-state index in [1.165, 1.54) is 0 Å². The molecule has 1 heterocycles. The number of aliphatic imine (C=N–C) groups is 1. The first-order chi connectivity index (χ1) is 9.28. The van der Waals surface area contributed by atoms with Gasteiger partial charge in [-0.25, -0.2) is 5.32 Å². The molecule has 19 heavy (non-hydrogen) atoms. The van der Waals surface area contributed by atoms with Gasteiger partial charge in [0.2, 0.25) is 0 Å². The van der Waals surface area contributed by atoms with Gasteiger partial charge in [0.15, 0.2) is 11.6 Å². The van der Waals surface area contributed by atoms with Gasteiger partial charge in [-0.2, -0.15) is 4.99 Å². The molecular formula is C13H18ClN3O2. The van der Waals surface area contributed by atoms with Crippen molar-refractivity contribution < 1.29 is 9.47 Å². The van der Waals surface area contributed by atoms with Crippen LogP contribution in [0.1, 0.15) is 19.8 Å². The number of ether oxygens (including phenoxy) is 2. The van der Waals surface area contributed by atoms with Gasteiger partial charge >= 0.3 is 0 Å². The molecule has 0 aliphatic carbocycles. The number of nitrogens with zero attached hydrogens (tertiary/aromatic N) is 1. The van der Waals surface area contributed by atoms with Gasteiger partial charge in [0.1, 0.15) is 5.75 Å². The van der Waals surface area contributed by atoms with E-state index >= 15 is 0 Å². The van der Waals surface area contributed by atoms with Crippen molar-refractivity contribution in [2.45, 2.75) is 32.5 Å². The van der Waals surface area contributed by atoms with Crippen LogP contribution >= 0.6 is 11.6 Å². The molecule has 0 aromatic heterocycles. The molecule has 2 N–H and O–H groups in total. The number of nitrogens with one attached hydrogen (secondary N) is 2. The molecule has 2 atom stereocenters. The molecule has 0 amide bonds. The van der Waals surface area contributed by atoms with E-state index in [9.17, 15) is 0 Å². The van der Waals surface area contributed by atoms with Crippen molar-refractivity contribution in [1.29, 1.82) is 0 Å². The van der Waals surface area contributed by atoms with E-state index in [4.69, 9.17) is 21.1 Å². The molecule has 0 bridgehead atoms. The zero-order chi connectivity index (χ0) is 13.5. The third kappa shape index (κ3) is 4.70. The summed E-state index contributed by atoms with van der Waals surface area (Å²) in [5.74, 6) is 0.724. The van der Waals surface area contributed by atoms with Crippen LogP contribution < -0.4 is 15.4 Å². The van der Waals surface area contributed by atoms with Crippen LogP contribution in [0.5, 0.6) is 5.75 Å². The van der Waals surface area contributed by atoms with Crippen molar-refractivity contribution in [2.24, 2.45) is 4.99 Å². The monoisotopic (exact) mass is 283 g/mol. The zero-order valence-corrected chi connectivity index (χ0v) is 11.6. The van der Waals surface area contributed by atoms with Crippen molar-refractivity contribution in [3.05, 3.63) is 30.3 Å². The number of para-hydroxylation sites is 1. The predicted molar refractivity (Wildman–Crippen MR) is 75.1 cm³/mol. The van der Waals surface area contributed by atoms with Crippen molar-refractivity contribution in [2.75, 3.05) is 6.61 Å². The highest BCUT2D eigenvalue weighted by molar-refractivity contribution is 6.64. The smallest absolute Gasteiger partial charge is 0.253 e. The SMILES string of the molecule is CCCCOC1NC(Cl)=NC(Oc2ccccc2)N1. The highest BCUT2D eigenvalue weighted by atomic mass is 35.5. The number of hydrogen-bond acceptors (Lipinski definition) is 5. The summed E-state index contributed by atoms with van der Waals surface area (Å²) in [7, 11) is 0. The Morgan fingerprint density at radius 2 is 2.11 bits per heavy atom. The number of halogens is 1. The quantitative estimate of drug-likeness (QED) is 0.621. The summed E-state index contributed by atoms with van der Waals surface area (Å²) >= 11 is 5.92. The lowest BCUT2D eigenvalue weighted by molar-refractivity contribution is -0.0217. The lowest BCUT2D eigenvalue weighted by atomic mass is 10.3. The molecule has 2 rings (SSSR count). The summed E-state index contributed by atoms with van der Waals surface area (Å²) < 4.78 is 11.3. The number of benzene rings is 1. The van der Waals surface area contributed by atoms with Crippen LogP contribution in [0.2, 0.25) is 0 Å². The average Bonchev–Trinajstić information content (AvgIpc) is 2.39. The van der Waals surface area contributed by atoms with E-state index in [1.807, 2.05) is 30.3 Å². The molecule has 0 spiro atoms. The van der Waals surface area contributed by atoms with Crippen LogP contribution in [0.4, 0.5) is 0 Å². The Bertz CT molecular complexity index is 414. The summed E-state index contributed by atoms with van der Waals surface area (Å²) in [4.78, 5) is 4.11. The number of unbranched alkanes of at least 4 members (excludes halogenated alkanes) is 1. The number of rotatable bonds is 6. The second-order valence-corrected chi connectivity index (χ2v) is 4.48. The predicted octanol–water partition coefficient (Wildman–Crippen LogP) is 2.24. The van der Waals surface area contributed by atoms with Crippen molar-refractivity contribution in [1.82, 2.24) is 10.6 Å². The van der Waals surface area contributed by atoms with Gasteiger partial charge in [-0.1, -0.05) is 31.5 Å². The summed E-state index contributed by atoms with van der Waals surface area (Å²) in [6, 6.07) is 9.45. The van der Waals surface area contributed by atoms with Crippen LogP contribution in [-0.2, 0) is 4.74 Å². The largest absolute Gasteiger partial charge is 0.455 e. The van der Waals surface area contributed by atoms with Gasteiger partial charge in [-0.15, -0.1) is 0 Å². The van der Waals surface area contributed by atoms with Crippen LogP contribution in [0, 0.1) is 0 Å². The Labute approximate surface area is 118 Å². The van der Waals surface area contributed by atoms with E-state index in [-0.39, 0.29) is 11.6 Å². The fourth-order valence-corrected chi connectivity index (χ4v) is 1.77. The fraction of sp³-hybridized carbons (Fsp3) is 0.462. The normalized spacial score (nSPS) is 22.5. The summed E-state index contributed by atoms with van der Waals surface area (Å²) in [6.45, 7) is 2.77. The molecule has 0 saturated carbocycles. The van der Waals surface area contributed by atoms with Crippen LogP contribution in [0.3, 0.4) is 0 Å². The first-order valence-electron chi connectivity index (χ1n) is 6.37. The minimum atomic E-state index is -0.553. The Morgan fingerprint density at radius 1 is 1.32 bits per heavy atom. The van der Waals surface area contributed by atoms with Crippen LogP contribution in [-0.4, -0.2) is 24.6 Å². The summed E-state index contributed by atoms with van der Waals surface area (Å²) in [5.41, 5.74) is 0. The maximum Gasteiger partial charge on any atom is 0.253 e. The highest BCUT2D eigenvalue weighted by Crippen LogP contribution is 2.12. The van der Waals surface area contributed by atoms with Gasteiger partial charge in [-0.05, 0) is 30.2 Å². The summed E-state index contributed by atoms with van der Waals surface area (Å²) in [6.07, 6.45) is 1.14. The minimum absolute atomic E-state index is 0.279. The fourth-order valence-electron chi connectivity index (χ4n) is 1.58. The Hall–Kier alpha value is -1.30. The average molecular weight is 284 g/mol. The topological polar surface area (TPSA) is 54.9 Å². The molecule has 0 radical (unpaired) electrons. The first kappa shape index (κ1) is 14.1. The molecule has 5 nitrogen and oxygen atoms in total. The molecule has 1 aromatic rings. The van der Waals surface area contributed by atoms with E-state index < -0.39 is 6.35 Å². The standard InChI is InChI=1S/C13H18ClN3O2/c1-2-3-9-18-12-15-11(14)16-13(17-12)19-10-7-5-4-6-8-10/h4-8,12-13,17H,2-3,9H2,1H3,(H,15,16). The molecule has 0 saturated heterocycles. The second-order valence-electron chi connectivity index (χ2n) is 4.12. The molecule has 0 fully saturated rings. The van der Waals surface area contributed by atoms with Crippen molar-refractivity contribution in [3.8, 4) is 5.75 Å². The molecular weight excluding hydrogens is 266 g/mol. The maximum absolute atomic E-state index is 5.92. The zero-order valence-electron chi connectivity index (χ0n) is 10.8. The Balaban J connectivity index is 1.88. The molecule has 1 aliphatic heterocycles. The third-order valence-corrected chi connectivity index (χ3v) is 2.75. The molecule has 1 aliphatic rings. The summed E-state index contributed by atoms with van der Waals surface area (Å²) in [5, 5.41) is 6.24. The third-order valence-electron chi connectivity index (χ3n) is 2.55. The Kier molecular flexibility index (Phi) is 5.44. The van der Waals surface area contributed by atoms with Gasteiger partial charge in [-0.3, -0.25) is 0 Å².